The first-order chi connectivity index (χ1) is 15.3. The molecule has 0 bridgehead atoms. The summed E-state index contributed by atoms with van der Waals surface area (Å²) in [5.41, 5.74) is 4.15. The first-order valence-electron chi connectivity index (χ1n) is 10.2. The summed E-state index contributed by atoms with van der Waals surface area (Å²) < 4.78 is 0. The number of amides is 1. The van der Waals surface area contributed by atoms with Crippen LogP contribution in [0.1, 0.15) is 40.4 Å². The number of ketones is 1. The second kappa shape index (κ2) is 8.53. The van der Waals surface area contributed by atoms with E-state index in [1.165, 1.54) is 25.1 Å². The number of β-lactam (4-membered cyclic amide) rings is 1. The van der Waals surface area contributed by atoms with Gasteiger partial charge in [-0.3, -0.25) is 9.59 Å². The third-order valence-electron chi connectivity index (χ3n) is 6.42. The predicted octanol–water partition coefficient (Wildman–Crippen LogP) is -2.05. The number of aliphatic hydroxyl groups excluding tert-OH is 1. The summed E-state index contributed by atoms with van der Waals surface area (Å²) in [7, 11) is 1.44. The van der Waals surface area contributed by atoms with Gasteiger partial charge >= 0.3 is 29.6 Å². The topological polar surface area (TPSA) is 119 Å². The van der Waals surface area contributed by atoms with E-state index in [2.05, 4.69) is 5.16 Å². The first-order valence-corrected chi connectivity index (χ1v) is 10.2. The fraction of sp³-hybridized carbons (Fsp3) is 0.250. The Labute approximate surface area is 211 Å². The van der Waals surface area contributed by atoms with Crippen molar-refractivity contribution in [1.29, 1.82) is 0 Å². The third kappa shape index (κ3) is 3.45. The van der Waals surface area contributed by atoms with Crippen LogP contribution in [-0.2, 0) is 14.4 Å². The molecule has 2 aromatic rings. The molecular formula is C24H19N2NaO6. The van der Waals surface area contributed by atoms with Crippen molar-refractivity contribution in [2.24, 2.45) is 11.1 Å². The maximum Gasteiger partial charge on any atom is 1.00 e. The smallest absolute Gasteiger partial charge is 0.543 e. The number of rotatable bonds is 5. The molecule has 0 radical (unpaired) electrons. The number of benzene rings is 2. The minimum absolute atomic E-state index is 0. The average Bonchev–Trinajstić information content (AvgIpc) is 3.24. The zero-order valence-corrected chi connectivity index (χ0v) is 20.4. The Morgan fingerprint density at radius 3 is 2.48 bits per heavy atom. The van der Waals surface area contributed by atoms with Gasteiger partial charge in [-0.2, -0.15) is 0 Å². The molecule has 33 heavy (non-hydrogen) atoms. The van der Waals surface area contributed by atoms with Gasteiger partial charge in [0.05, 0.1) is 35.9 Å². The molecule has 3 atom stereocenters. The summed E-state index contributed by atoms with van der Waals surface area (Å²) in [4.78, 5) is 43.2. The summed E-state index contributed by atoms with van der Waals surface area (Å²) in [5, 5.41) is 25.6. The van der Waals surface area contributed by atoms with Gasteiger partial charge in [-0.1, -0.05) is 17.3 Å². The van der Waals surface area contributed by atoms with E-state index in [9.17, 15) is 24.6 Å². The Bertz CT molecular complexity index is 1270. The van der Waals surface area contributed by atoms with Crippen LogP contribution in [0.4, 0.5) is 0 Å². The minimum atomic E-state index is -1.44. The van der Waals surface area contributed by atoms with E-state index in [1.807, 2.05) is 6.07 Å². The van der Waals surface area contributed by atoms with Crippen LogP contribution >= 0.6 is 0 Å². The summed E-state index contributed by atoms with van der Waals surface area (Å²) >= 11 is 0. The molecule has 9 heteroatoms. The van der Waals surface area contributed by atoms with Crippen molar-refractivity contribution in [3.05, 3.63) is 64.3 Å². The molecule has 3 aliphatic rings. The molecule has 8 nitrogen and oxygen atoms in total. The molecule has 2 aliphatic heterocycles. The molecule has 1 amide bonds. The van der Waals surface area contributed by atoms with Crippen LogP contribution in [0, 0.1) is 5.92 Å². The predicted molar refractivity (Wildman–Crippen MR) is 112 cm³/mol. The van der Waals surface area contributed by atoms with Gasteiger partial charge < -0.3 is 24.7 Å². The van der Waals surface area contributed by atoms with Gasteiger partial charge in [0.15, 0.2) is 5.78 Å². The molecule has 1 fully saturated rings. The maximum atomic E-state index is 12.8. The van der Waals surface area contributed by atoms with Crippen molar-refractivity contribution >= 4 is 29.4 Å². The van der Waals surface area contributed by atoms with E-state index in [4.69, 9.17) is 4.84 Å². The summed E-state index contributed by atoms with van der Waals surface area (Å²) in [6.45, 7) is 1.53. The number of aliphatic carboxylic acids is 1. The van der Waals surface area contributed by atoms with Crippen LogP contribution in [-0.4, -0.2) is 53.1 Å². The van der Waals surface area contributed by atoms with Crippen LogP contribution in [0.3, 0.4) is 0 Å². The van der Waals surface area contributed by atoms with Crippen molar-refractivity contribution in [3.63, 3.8) is 0 Å². The summed E-state index contributed by atoms with van der Waals surface area (Å²) in [6.07, 6.45) is 0.959. The van der Waals surface area contributed by atoms with Crippen molar-refractivity contribution in [3.8, 4) is 11.1 Å². The van der Waals surface area contributed by atoms with Crippen LogP contribution in [0.15, 0.2) is 47.3 Å². The number of carbonyl (C=O) groups excluding carboxylic acids is 3. The number of aliphatic hydroxyl groups is 1. The molecule has 0 spiro atoms. The van der Waals surface area contributed by atoms with Crippen molar-refractivity contribution in [2.75, 3.05) is 7.11 Å². The average molecular weight is 454 g/mol. The van der Waals surface area contributed by atoms with E-state index < -0.39 is 29.9 Å². The molecule has 1 saturated heterocycles. The first kappa shape index (κ1) is 23.4. The number of carboxylic acids is 1. The van der Waals surface area contributed by atoms with Gasteiger partial charge in [-0.25, -0.2) is 0 Å². The molecule has 0 aromatic heterocycles. The van der Waals surface area contributed by atoms with Gasteiger partial charge in [0.25, 0.3) is 0 Å². The van der Waals surface area contributed by atoms with Gasteiger partial charge in [-0.15, -0.1) is 0 Å². The molecule has 5 rings (SSSR count). The van der Waals surface area contributed by atoms with Crippen molar-refractivity contribution < 1.29 is 59.0 Å². The molecule has 1 aliphatic carbocycles. The zero-order chi connectivity index (χ0) is 22.7. The monoisotopic (exact) mass is 454 g/mol. The molecule has 2 aromatic carbocycles. The molecule has 2 heterocycles. The van der Waals surface area contributed by atoms with Gasteiger partial charge in [0, 0.05) is 11.1 Å². The minimum Gasteiger partial charge on any atom is -0.543 e. The second-order valence-electron chi connectivity index (χ2n) is 8.17. The van der Waals surface area contributed by atoms with E-state index in [1.54, 1.807) is 30.3 Å². The Kier molecular flexibility index (Phi) is 6.05. The van der Waals surface area contributed by atoms with E-state index in [0.717, 1.165) is 11.1 Å². The van der Waals surface area contributed by atoms with Gasteiger partial charge in [0.2, 0.25) is 5.91 Å². The number of carbonyl (C=O) groups is 3. The van der Waals surface area contributed by atoms with Crippen LogP contribution in [0.5, 0.6) is 0 Å². The number of nitrogens with zero attached hydrogens (tertiary/aromatic N) is 2. The quantitative estimate of drug-likeness (QED) is 0.205. The number of carboxylic acid groups (broad SMARTS) is 1. The second-order valence-corrected chi connectivity index (χ2v) is 8.17. The largest absolute Gasteiger partial charge is 1.00 e. The third-order valence-corrected chi connectivity index (χ3v) is 6.42. The Morgan fingerprint density at radius 2 is 1.85 bits per heavy atom. The Balaban J connectivity index is 0.00000259. The summed E-state index contributed by atoms with van der Waals surface area (Å²) in [6, 6.07) is 10.1. The maximum absolute atomic E-state index is 12.8. The van der Waals surface area contributed by atoms with Crippen LogP contribution in [0.2, 0.25) is 0 Å². The van der Waals surface area contributed by atoms with Gasteiger partial charge in [0.1, 0.15) is 7.11 Å². The Hall–Kier alpha value is -2.78. The van der Waals surface area contributed by atoms with Gasteiger partial charge in [-0.05, 0) is 65.4 Å². The fourth-order valence-electron chi connectivity index (χ4n) is 4.99. The van der Waals surface area contributed by atoms with E-state index in [-0.39, 0.29) is 41.0 Å². The molecule has 0 saturated carbocycles. The zero-order valence-electron chi connectivity index (χ0n) is 18.4. The molecule has 162 valence electrons. The molecular weight excluding hydrogens is 435 g/mol. The SMILES string of the molecule is CON=Cc1ccc2c(c1)-c1cc(C3=C(C(=O)[O-])N4C(=O)[C@H]([C@@H](C)O)[C@H]4C3)ccc1C2=O.[Na+]. The molecule has 0 unspecified atom stereocenters. The Morgan fingerprint density at radius 1 is 1.18 bits per heavy atom. The normalized spacial score (nSPS) is 21.4. The van der Waals surface area contributed by atoms with E-state index >= 15 is 0 Å². The van der Waals surface area contributed by atoms with Crippen LogP contribution < -0.4 is 34.7 Å². The van der Waals surface area contributed by atoms with Crippen molar-refractivity contribution in [2.45, 2.75) is 25.5 Å². The number of hydrogen-bond donors (Lipinski definition) is 1. The standard InChI is InChI=1S/C24H20N2O6.Na/c1-11(27)20-19-9-16(21(24(30)31)26(19)23(20)29)13-4-6-15-18(8-13)17-7-12(10-25-32-2)3-5-14(17)22(15)28;/h3-8,10-11,19-20,27H,9H2,1-2H3,(H,30,31);/q;+1/p-1/t11-,19-,20-;/m1./s1. The number of hydrogen-bond acceptors (Lipinski definition) is 7. The number of oxime groups is 1. The number of fused-ring (bicyclic) bond motifs is 4. The summed E-state index contributed by atoms with van der Waals surface area (Å²) in [5.74, 6) is -2.59. The fourth-order valence-corrected chi connectivity index (χ4v) is 4.99. The van der Waals surface area contributed by atoms with E-state index in [0.29, 0.717) is 34.2 Å². The molecule has 1 N–H and O–H groups in total. The van der Waals surface area contributed by atoms with Crippen molar-refractivity contribution in [1.82, 2.24) is 4.90 Å². The van der Waals surface area contributed by atoms with Crippen LogP contribution in [0.25, 0.3) is 16.7 Å².